The highest BCUT2D eigenvalue weighted by Gasteiger charge is 2.11. The second-order valence-electron chi connectivity index (χ2n) is 4.77. The Kier molecular flexibility index (Phi) is 4.82. The first-order valence-corrected chi connectivity index (χ1v) is 7.31. The zero-order valence-corrected chi connectivity index (χ0v) is 13.7. The number of hydrogen-bond donors (Lipinski definition) is 3. The summed E-state index contributed by atoms with van der Waals surface area (Å²) in [5.41, 5.74) is 4.68. The van der Waals surface area contributed by atoms with Crippen LogP contribution in [0, 0.1) is 6.92 Å². The smallest absolute Gasteiger partial charge is 0.271 e. The van der Waals surface area contributed by atoms with Crippen LogP contribution in [0.25, 0.3) is 0 Å². The molecule has 3 N–H and O–H groups in total. The molecule has 114 valence electrons. The molecule has 2 aromatic carbocycles. The first kappa shape index (κ1) is 16.0. The van der Waals surface area contributed by atoms with Crippen molar-refractivity contribution in [1.82, 2.24) is 5.43 Å². The molecule has 0 bridgehead atoms. The molecule has 0 heterocycles. The number of hydrazone groups is 1. The molecule has 0 aromatic heterocycles. The van der Waals surface area contributed by atoms with Crippen molar-refractivity contribution in [2.45, 2.75) is 13.8 Å². The second kappa shape index (κ2) is 6.62. The van der Waals surface area contributed by atoms with Gasteiger partial charge >= 0.3 is 0 Å². The van der Waals surface area contributed by atoms with Gasteiger partial charge in [-0.1, -0.05) is 18.2 Å². The van der Waals surface area contributed by atoms with Gasteiger partial charge in [0.05, 0.1) is 10.2 Å². The zero-order valence-electron chi connectivity index (χ0n) is 12.1. The van der Waals surface area contributed by atoms with Crippen molar-refractivity contribution in [3.8, 4) is 11.5 Å². The number of carbonyl (C=O) groups excluding carboxylic acids is 1. The van der Waals surface area contributed by atoms with E-state index in [2.05, 4.69) is 26.5 Å². The van der Waals surface area contributed by atoms with Crippen molar-refractivity contribution in [2.24, 2.45) is 5.10 Å². The molecule has 0 saturated heterocycles. The number of amides is 1. The van der Waals surface area contributed by atoms with Gasteiger partial charge in [0.25, 0.3) is 5.91 Å². The molecule has 0 aliphatic rings. The van der Waals surface area contributed by atoms with E-state index in [1.165, 1.54) is 12.1 Å². The predicted octanol–water partition coefficient (Wildman–Crippen LogP) is 3.32. The van der Waals surface area contributed by atoms with Gasteiger partial charge in [0, 0.05) is 17.2 Å². The van der Waals surface area contributed by atoms with Crippen molar-refractivity contribution in [1.29, 1.82) is 0 Å². The van der Waals surface area contributed by atoms with Crippen molar-refractivity contribution in [3.63, 3.8) is 0 Å². The fourth-order valence-corrected chi connectivity index (χ4v) is 2.27. The molecule has 2 rings (SSSR count). The molecule has 0 fully saturated rings. The average molecular weight is 363 g/mol. The minimum atomic E-state index is -0.324. The average Bonchev–Trinajstić information content (AvgIpc) is 2.48. The van der Waals surface area contributed by atoms with E-state index < -0.39 is 0 Å². The van der Waals surface area contributed by atoms with Crippen molar-refractivity contribution in [2.75, 3.05) is 0 Å². The summed E-state index contributed by atoms with van der Waals surface area (Å²) in [5, 5.41) is 23.3. The maximum absolute atomic E-state index is 12.1. The molecule has 0 unspecified atom stereocenters. The highest BCUT2D eigenvalue weighted by Crippen LogP contribution is 2.31. The highest BCUT2D eigenvalue weighted by atomic mass is 79.9. The number of halogens is 1. The number of aromatic hydroxyl groups is 2. The van der Waals surface area contributed by atoms with E-state index in [0.29, 0.717) is 21.3 Å². The summed E-state index contributed by atoms with van der Waals surface area (Å²) in [6, 6.07) is 9.93. The lowest BCUT2D eigenvalue weighted by molar-refractivity contribution is 0.0954. The normalized spacial score (nSPS) is 11.3. The summed E-state index contributed by atoms with van der Waals surface area (Å²) in [6.45, 7) is 3.49. The number of benzene rings is 2. The number of carbonyl (C=O) groups is 1. The fourth-order valence-electron chi connectivity index (χ4n) is 1.92. The Morgan fingerprint density at radius 3 is 2.50 bits per heavy atom. The predicted molar refractivity (Wildman–Crippen MR) is 88.3 cm³/mol. The van der Waals surface area contributed by atoms with Gasteiger partial charge in [0.1, 0.15) is 11.5 Å². The lowest BCUT2D eigenvalue weighted by Crippen LogP contribution is -2.20. The number of hydrogen-bond acceptors (Lipinski definition) is 4. The second-order valence-corrected chi connectivity index (χ2v) is 5.63. The van der Waals surface area contributed by atoms with E-state index in [-0.39, 0.29) is 17.4 Å². The molecular formula is C16H15BrN2O3. The van der Waals surface area contributed by atoms with E-state index in [4.69, 9.17) is 0 Å². The molecule has 0 radical (unpaired) electrons. The van der Waals surface area contributed by atoms with Gasteiger partial charge in [0.15, 0.2) is 0 Å². The van der Waals surface area contributed by atoms with E-state index in [9.17, 15) is 15.0 Å². The number of phenols is 2. The summed E-state index contributed by atoms with van der Waals surface area (Å²) >= 11 is 3.17. The van der Waals surface area contributed by atoms with E-state index in [1.54, 1.807) is 19.1 Å². The van der Waals surface area contributed by atoms with Crippen molar-refractivity contribution < 1.29 is 15.0 Å². The monoisotopic (exact) mass is 362 g/mol. The number of phenolic OH excluding ortho intramolecular Hbond substituents is 2. The molecule has 2 aromatic rings. The van der Waals surface area contributed by atoms with E-state index >= 15 is 0 Å². The number of rotatable bonds is 3. The molecule has 0 aliphatic heterocycles. The Hall–Kier alpha value is -2.34. The van der Waals surface area contributed by atoms with Gasteiger partial charge in [-0.05, 0) is 47.5 Å². The summed E-state index contributed by atoms with van der Waals surface area (Å²) in [6.07, 6.45) is 0. The quantitative estimate of drug-likeness (QED) is 0.578. The molecule has 0 spiro atoms. The number of aryl methyl sites for hydroxylation is 1. The van der Waals surface area contributed by atoms with Gasteiger partial charge in [-0.25, -0.2) is 5.43 Å². The first-order chi connectivity index (χ1) is 10.4. The minimum absolute atomic E-state index is 0.0713. The molecule has 6 heteroatoms. The highest BCUT2D eigenvalue weighted by molar-refractivity contribution is 9.10. The molecule has 5 nitrogen and oxygen atoms in total. The number of nitrogens with zero attached hydrogens (tertiary/aromatic N) is 1. The molecule has 1 amide bonds. The third kappa shape index (κ3) is 3.46. The van der Waals surface area contributed by atoms with Crippen LogP contribution in [0.3, 0.4) is 0 Å². The maximum atomic E-state index is 12.1. The zero-order chi connectivity index (χ0) is 16.3. The largest absolute Gasteiger partial charge is 0.507 e. The van der Waals surface area contributed by atoms with Gasteiger partial charge in [-0.15, -0.1) is 0 Å². The maximum Gasteiger partial charge on any atom is 0.271 e. The van der Waals surface area contributed by atoms with Gasteiger partial charge in [0.2, 0.25) is 0 Å². The van der Waals surface area contributed by atoms with Crippen LogP contribution >= 0.6 is 15.9 Å². The molecule has 0 atom stereocenters. The molecule has 0 saturated carbocycles. The summed E-state index contributed by atoms with van der Waals surface area (Å²) in [5.74, 6) is -0.514. The molecular weight excluding hydrogens is 348 g/mol. The van der Waals surface area contributed by atoms with Gasteiger partial charge in [-0.3, -0.25) is 4.79 Å². The summed E-state index contributed by atoms with van der Waals surface area (Å²) < 4.78 is 0.431. The van der Waals surface area contributed by atoms with E-state index in [1.807, 2.05) is 19.1 Å². The number of nitrogens with one attached hydrogen (secondary N) is 1. The molecule has 22 heavy (non-hydrogen) atoms. The molecule has 0 aliphatic carbocycles. The lowest BCUT2D eigenvalue weighted by Gasteiger charge is -2.08. The van der Waals surface area contributed by atoms with Crippen LogP contribution in [-0.2, 0) is 0 Å². The van der Waals surface area contributed by atoms with Crippen molar-refractivity contribution in [3.05, 3.63) is 57.6 Å². The minimum Gasteiger partial charge on any atom is -0.507 e. The fraction of sp³-hybridized carbons (Fsp3) is 0.125. The van der Waals surface area contributed by atoms with Gasteiger partial charge in [-0.2, -0.15) is 5.10 Å². The Morgan fingerprint density at radius 2 is 1.82 bits per heavy atom. The third-order valence-corrected chi connectivity index (χ3v) is 3.80. The van der Waals surface area contributed by atoms with Gasteiger partial charge < -0.3 is 10.2 Å². The first-order valence-electron chi connectivity index (χ1n) is 6.52. The van der Waals surface area contributed by atoms with Crippen LogP contribution in [0.15, 0.2) is 46.0 Å². The summed E-state index contributed by atoms with van der Waals surface area (Å²) in [7, 11) is 0. The Bertz CT molecular complexity index is 757. The Morgan fingerprint density at radius 1 is 1.14 bits per heavy atom. The Labute approximate surface area is 136 Å². The van der Waals surface area contributed by atoms with Crippen LogP contribution in [-0.4, -0.2) is 21.8 Å². The SMILES string of the molecule is C/C(=N\NC(=O)c1ccccc1C)c1cc(Br)c(O)cc1O. The standard InChI is InChI=1S/C16H15BrN2O3/c1-9-5-3-4-6-11(9)16(22)19-18-10(2)12-7-13(17)15(21)8-14(12)20/h3-8,20-21H,1-2H3,(H,19,22)/b18-10+. The van der Waals surface area contributed by atoms with Crippen LogP contribution < -0.4 is 5.43 Å². The van der Waals surface area contributed by atoms with Crippen LogP contribution in [0.5, 0.6) is 11.5 Å². The van der Waals surface area contributed by atoms with E-state index in [0.717, 1.165) is 5.56 Å². The summed E-state index contributed by atoms with van der Waals surface area (Å²) in [4.78, 5) is 12.1. The van der Waals surface area contributed by atoms with Crippen molar-refractivity contribution >= 4 is 27.5 Å². The topological polar surface area (TPSA) is 81.9 Å². The Balaban J connectivity index is 2.22. The third-order valence-electron chi connectivity index (χ3n) is 3.17. The van der Waals surface area contributed by atoms with Crippen LogP contribution in [0.4, 0.5) is 0 Å². The van der Waals surface area contributed by atoms with Crippen LogP contribution in [0.1, 0.15) is 28.4 Å². The lowest BCUT2D eigenvalue weighted by atomic mass is 10.1. The van der Waals surface area contributed by atoms with Crippen LogP contribution in [0.2, 0.25) is 0 Å².